The van der Waals surface area contributed by atoms with Crippen LogP contribution in [0.2, 0.25) is 0 Å². The molecule has 1 heterocycles. The highest BCUT2D eigenvalue weighted by atomic mass is 32.2. The first-order valence-corrected chi connectivity index (χ1v) is 8.71. The summed E-state index contributed by atoms with van der Waals surface area (Å²) >= 11 is 1.79. The number of thioether (sulfide) groups is 1. The maximum absolute atomic E-state index is 5.67. The second-order valence-corrected chi connectivity index (χ2v) is 6.01. The molecule has 3 N–H and O–H groups in total. The van der Waals surface area contributed by atoms with E-state index in [0.29, 0.717) is 17.8 Å². The van der Waals surface area contributed by atoms with Gasteiger partial charge in [-0.1, -0.05) is 25.1 Å². The van der Waals surface area contributed by atoms with Crippen molar-refractivity contribution in [1.29, 1.82) is 0 Å². The van der Waals surface area contributed by atoms with Crippen LogP contribution in [-0.4, -0.2) is 27.2 Å². The lowest BCUT2D eigenvalue weighted by Gasteiger charge is -2.18. The zero-order valence-corrected chi connectivity index (χ0v) is 14.2. The minimum absolute atomic E-state index is 0.262. The molecule has 6 heteroatoms. The van der Waals surface area contributed by atoms with Crippen LogP contribution < -0.4 is 11.1 Å². The normalized spacial score (nSPS) is 12.1. The fourth-order valence-corrected chi connectivity index (χ4v) is 3.01. The second kappa shape index (κ2) is 7.98. The van der Waals surface area contributed by atoms with Gasteiger partial charge in [0, 0.05) is 10.9 Å². The van der Waals surface area contributed by atoms with Gasteiger partial charge in [0.1, 0.15) is 5.82 Å². The highest BCUT2D eigenvalue weighted by Gasteiger charge is 2.11. The van der Waals surface area contributed by atoms with Gasteiger partial charge in [-0.05, 0) is 44.1 Å². The Morgan fingerprint density at radius 2 is 2.00 bits per heavy atom. The molecule has 1 aromatic carbocycles. The number of aromatic nitrogens is 3. The number of nitrogen functional groups attached to an aromatic ring is 1. The number of benzene rings is 1. The van der Waals surface area contributed by atoms with Crippen LogP contribution in [0.4, 0.5) is 11.9 Å². The Balaban J connectivity index is 2.00. The fraction of sp³-hybridized carbons (Fsp3) is 0.438. The number of nitrogens with zero attached hydrogens (tertiary/aromatic N) is 3. The van der Waals surface area contributed by atoms with E-state index >= 15 is 0 Å². The molecule has 1 aromatic heterocycles. The van der Waals surface area contributed by atoms with Gasteiger partial charge < -0.3 is 11.1 Å². The van der Waals surface area contributed by atoms with E-state index in [9.17, 15) is 0 Å². The molecule has 118 valence electrons. The summed E-state index contributed by atoms with van der Waals surface area (Å²) in [5.41, 5.74) is 7.06. The Morgan fingerprint density at radius 1 is 1.23 bits per heavy atom. The lowest BCUT2D eigenvalue weighted by atomic mass is 10.0. The summed E-state index contributed by atoms with van der Waals surface area (Å²) in [6, 6.07) is 8.87. The van der Waals surface area contributed by atoms with E-state index in [1.165, 1.54) is 10.5 Å². The molecule has 2 aromatic rings. The quantitative estimate of drug-likeness (QED) is 0.763. The zero-order chi connectivity index (χ0) is 15.9. The molecule has 0 saturated heterocycles. The average Bonchev–Trinajstić information content (AvgIpc) is 2.50. The second-order valence-electron chi connectivity index (χ2n) is 5.16. The number of nitrogens with two attached hydrogens (primary N) is 1. The first-order chi connectivity index (χ1) is 10.6. The first-order valence-electron chi connectivity index (χ1n) is 7.49. The van der Waals surface area contributed by atoms with Gasteiger partial charge in [0.2, 0.25) is 11.9 Å². The Morgan fingerprint density at radius 3 is 2.68 bits per heavy atom. The number of aryl methyl sites for hydroxylation is 2. The van der Waals surface area contributed by atoms with Gasteiger partial charge in [-0.15, -0.1) is 11.8 Å². The van der Waals surface area contributed by atoms with Gasteiger partial charge in [0.15, 0.2) is 0 Å². The van der Waals surface area contributed by atoms with E-state index in [0.717, 1.165) is 19.3 Å². The number of anilines is 2. The molecular formula is C16H23N5S. The van der Waals surface area contributed by atoms with Gasteiger partial charge in [0.05, 0.1) is 0 Å². The largest absolute Gasteiger partial charge is 0.368 e. The molecule has 0 fully saturated rings. The third-order valence-corrected chi connectivity index (χ3v) is 4.38. The van der Waals surface area contributed by atoms with Gasteiger partial charge in [0.25, 0.3) is 0 Å². The van der Waals surface area contributed by atoms with Crippen LogP contribution >= 0.6 is 11.8 Å². The smallest absolute Gasteiger partial charge is 0.227 e. The molecule has 0 aliphatic carbocycles. The molecule has 0 amide bonds. The molecule has 0 aliphatic rings. The lowest BCUT2D eigenvalue weighted by Crippen LogP contribution is -2.21. The van der Waals surface area contributed by atoms with Crippen molar-refractivity contribution in [3.8, 4) is 0 Å². The number of hydrogen-bond donors (Lipinski definition) is 2. The predicted octanol–water partition coefficient (Wildman–Crippen LogP) is 3.31. The monoisotopic (exact) mass is 317 g/mol. The van der Waals surface area contributed by atoms with Crippen LogP contribution in [0, 0.1) is 6.92 Å². The summed E-state index contributed by atoms with van der Waals surface area (Å²) in [7, 11) is 0. The topological polar surface area (TPSA) is 76.7 Å². The van der Waals surface area contributed by atoms with E-state index < -0.39 is 0 Å². The van der Waals surface area contributed by atoms with Crippen molar-refractivity contribution < 1.29 is 0 Å². The Bertz CT molecular complexity index is 597. The van der Waals surface area contributed by atoms with E-state index in [1.54, 1.807) is 11.8 Å². The van der Waals surface area contributed by atoms with Crippen LogP contribution in [0.15, 0.2) is 29.2 Å². The third kappa shape index (κ3) is 4.59. The molecule has 0 saturated carbocycles. The van der Waals surface area contributed by atoms with Crippen molar-refractivity contribution in [2.24, 2.45) is 0 Å². The molecule has 0 bridgehead atoms. The van der Waals surface area contributed by atoms with Crippen molar-refractivity contribution in [2.75, 3.05) is 17.3 Å². The van der Waals surface area contributed by atoms with Crippen LogP contribution in [-0.2, 0) is 6.42 Å². The highest BCUT2D eigenvalue weighted by molar-refractivity contribution is 7.98. The minimum Gasteiger partial charge on any atom is -0.368 e. The standard InChI is InChI=1S/C16H23N5S/c1-4-13(20-16-19-11(2)18-15(17)21-16)10-9-12-7-5-6-8-14(12)22-3/h5-8,13H,4,9-10H2,1-3H3,(H3,17,18,19,20,21). The SMILES string of the molecule is CCC(CCc1ccccc1SC)Nc1nc(C)nc(N)n1. The summed E-state index contributed by atoms with van der Waals surface area (Å²) in [5.74, 6) is 1.46. The summed E-state index contributed by atoms with van der Waals surface area (Å²) < 4.78 is 0. The van der Waals surface area contributed by atoms with Crippen molar-refractivity contribution >= 4 is 23.7 Å². The van der Waals surface area contributed by atoms with Gasteiger partial charge in [-0.25, -0.2) is 0 Å². The first kappa shape index (κ1) is 16.5. The lowest BCUT2D eigenvalue weighted by molar-refractivity contribution is 0.624. The number of rotatable bonds is 7. The van der Waals surface area contributed by atoms with Crippen molar-refractivity contribution in [3.63, 3.8) is 0 Å². The van der Waals surface area contributed by atoms with Crippen LogP contribution in [0.5, 0.6) is 0 Å². The van der Waals surface area contributed by atoms with Crippen molar-refractivity contribution in [3.05, 3.63) is 35.7 Å². The van der Waals surface area contributed by atoms with Crippen LogP contribution in [0.25, 0.3) is 0 Å². The van der Waals surface area contributed by atoms with Crippen LogP contribution in [0.1, 0.15) is 31.2 Å². The molecule has 0 spiro atoms. The van der Waals surface area contributed by atoms with Crippen LogP contribution in [0.3, 0.4) is 0 Å². The van der Waals surface area contributed by atoms with E-state index in [1.807, 2.05) is 6.92 Å². The zero-order valence-electron chi connectivity index (χ0n) is 13.3. The fourth-order valence-electron chi connectivity index (χ4n) is 2.37. The Hall–Kier alpha value is -1.82. The molecule has 0 radical (unpaired) electrons. The van der Waals surface area contributed by atoms with Crippen molar-refractivity contribution in [2.45, 2.75) is 44.0 Å². The van der Waals surface area contributed by atoms with Crippen molar-refractivity contribution in [1.82, 2.24) is 15.0 Å². The van der Waals surface area contributed by atoms with Gasteiger partial charge in [-0.3, -0.25) is 0 Å². The number of hydrogen-bond acceptors (Lipinski definition) is 6. The summed E-state index contributed by atoms with van der Waals surface area (Å²) in [4.78, 5) is 13.8. The van der Waals surface area contributed by atoms with E-state index in [4.69, 9.17) is 5.73 Å². The van der Waals surface area contributed by atoms with Gasteiger partial charge in [-0.2, -0.15) is 15.0 Å². The Kier molecular flexibility index (Phi) is 6.00. The summed E-state index contributed by atoms with van der Waals surface area (Å²) in [5, 5.41) is 3.37. The summed E-state index contributed by atoms with van der Waals surface area (Å²) in [6.45, 7) is 3.98. The molecular weight excluding hydrogens is 294 g/mol. The maximum Gasteiger partial charge on any atom is 0.227 e. The molecule has 22 heavy (non-hydrogen) atoms. The molecule has 5 nitrogen and oxygen atoms in total. The Labute approximate surface area is 136 Å². The minimum atomic E-state index is 0.262. The molecule has 1 unspecified atom stereocenters. The third-order valence-electron chi connectivity index (χ3n) is 3.55. The van der Waals surface area contributed by atoms with Gasteiger partial charge >= 0.3 is 0 Å². The molecule has 2 rings (SSSR count). The number of nitrogens with one attached hydrogen (secondary N) is 1. The average molecular weight is 317 g/mol. The van der Waals surface area contributed by atoms with E-state index in [2.05, 4.69) is 57.7 Å². The molecule has 1 atom stereocenters. The molecule has 0 aliphatic heterocycles. The predicted molar refractivity (Wildman–Crippen MR) is 93.2 cm³/mol. The maximum atomic E-state index is 5.67. The summed E-state index contributed by atoms with van der Waals surface area (Å²) in [6.07, 6.45) is 5.18. The van der Waals surface area contributed by atoms with E-state index in [-0.39, 0.29) is 5.95 Å². The highest BCUT2D eigenvalue weighted by Crippen LogP contribution is 2.22.